The lowest BCUT2D eigenvalue weighted by atomic mass is 10.1. The maximum absolute atomic E-state index is 8.85. The number of fused-ring (bicyclic) bond motifs is 1. The van der Waals surface area contributed by atoms with Crippen molar-refractivity contribution in [2.45, 2.75) is 37.6 Å². The van der Waals surface area contributed by atoms with Gasteiger partial charge in [0.05, 0.1) is 0 Å². The smallest absolute Gasteiger partial charge is 0.0486 e. The molecule has 0 radical (unpaired) electrons. The van der Waals surface area contributed by atoms with Crippen LogP contribution in [0.25, 0.3) is 0 Å². The molecule has 3 heteroatoms. The van der Waals surface area contributed by atoms with E-state index in [1.807, 2.05) is 11.8 Å². The fourth-order valence-electron chi connectivity index (χ4n) is 2.19. The molecule has 1 heterocycles. The molecule has 0 spiro atoms. The lowest BCUT2D eigenvalue weighted by Crippen LogP contribution is -2.26. The maximum Gasteiger partial charge on any atom is 0.0486 e. The van der Waals surface area contributed by atoms with E-state index in [1.165, 1.54) is 21.7 Å². The molecule has 1 aromatic rings. The standard InChI is InChI=1S/C13H19NOS/c1-9-6-10(2)13-12(7-9)14-11(8-16-13)4-3-5-15/h6-7,11,14-15H,3-5,8H2,1-2H3. The Bertz CT molecular complexity index is 378. The van der Waals surface area contributed by atoms with Crippen molar-refractivity contribution in [3.05, 3.63) is 23.3 Å². The quantitative estimate of drug-likeness (QED) is 0.847. The summed E-state index contributed by atoms with van der Waals surface area (Å²) in [6.07, 6.45) is 1.94. The lowest BCUT2D eigenvalue weighted by molar-refractivity contribution is 0.282. The van der Waals surface area contributed by atoms with Crippen LogP contribution in [0.1, 0.15) is 24.0 Å². The SMILES string of the molecule is Cc1cc(C)c2c(c1)NC(CCCO)CS2. The number of aliphatic hydroxyl groups is 1. The van der Waals surface area contributed by atoms with Crippen LogP contribution in [0.15, 0.2) is 17.0 Å². The van der Waals surface area contributed by atoms with Crippen molar-refractivity contribution < 1.29 is 5.11 Å². The minimum atomic E-state index is 0.294. The molecule has 88 valence electrons. The largest absolute Gasteiger partial charge is 0.396 e. The van der Waals surface area contributed by atoms with Gasteiger partial charge in [-0.2, -0.15) is 0 Å². The molecule has 0 aliphatic carbocycles. The molecule has 16 heavy (non-hydrogen) atoms. The van der Waals surface area contributed by atoms with E-state index in [9.17, 15) is 0 Å². The number of nitrogens with one attached hydrogen (secondary N) is 1. The van der Waals surface area contributed by atoms with E-state index in [2.05, 4.69) is 31.3 Å². The number of benzene rings is 1. The van der Waals surface area contributed by atoms with Gasteiger partial charge in [-0.1, -0.05) is 6.07 Å². The Morgan fingerprint density at radius 2 is 2.25 bits per heavy atom. The molecule has 2 N–H and O–H groups in total. The first-order chi connectivity index (χ1) is 7.70. The highest BCUT2D eigenvalue weighted by Gasteiger charge is 2.19. The molecule has 1 aliphatic heterocycles. The Morgan fingerprint density at radius 3 is 3.00 bits per heavy atom. The third kappa shape index (κ3) is 2.53. The summed E-state index contributed by atoms with van der Waals surface area (Å²) in [6.45, 7) is 4.61. The Morgan fingerprint density at radius 1 is 1.44 bits per heavy atom. The van der Waals surface area contributed by atoms with Crippen LogP contribution in [0.2, 0.25) is 0 Å². The monoisotopic (exact) mass is 237 g/mol. The van der Waals surface area contributed by atoms with Crippen LogP contribution in [0, 0.1) is 13.8 Å². The molecule has 0 amide bonds. The zero-order valence-corrected chi connectivity index (χ0v) is 10.7. The van der Waals surface area contributed by atoms with E-state index in [1.54, 1.807) is 0 Å². The van der Waals surface area contributed by atoms with E-state index in [-0.39, 0.29) is 0 Å². The van der Waals surface area contributed by atoms with Crippen molar-refractivity contribution in [1.29, 1.82) is 0 Å². The molecule has 2 nitrogen and oxygen atoms in total. The number of anilines is 1. The van der Waals surface area contributed by atoms with Crippen molar-refractivity contribution in [2.24, 2.45) is 0 Å². The molecule has 1 aromatic carbocycles. The summed E-state index contributed by atoms with van der Waals surface area (Å²) < 4.78 is 0. The zero-order valence-electron chi connectivity index (χ0n) is 9.92. The molecule has 0 saturated heterocycles. The van der Waals surface area contributed by atoms with E-state index in [0.717, 1.165) is 18.6 Å². The second-order valence-electron chi connectivity index (χ2n) is 4.48. The second-order valence-corrected chi connectivity index (χ2v) is 5.51. The number of hydrogen-bond donors (Lipinski definition) is 2. The first kappa shape index (κ1) is 11.8. The van der Waals surface area contributed by atoms with Crippen LogP contribution < -0.4 is 5.32 Å². The van der Waals surface area contributed by atoms with Gasteiger partial charge in [-0.3, -0.25) is 0 Å². The average Bonchev–Trinajstić information content (AvgIpc) is 2.25. The summed E-state index contributed by atoms with van der Waals surface area (Å²) in [5.74, 6) is 1.11. The summed E-state index contributed by atoms with van der Waals surface area (Å²) in [7, 11) is 0. The highest BCUT2D eigenvalue weighted by Crippen LogP contribution is 2.37. The third-order valence-corrected chi connectivity index (χ3v) is 4.32. The van der Waals surface area contributed by atoms with Gasteiger partial charge in [-0.05, 0) is 43.9 Å². The first-order valence-corrected chi connectivity index (χ1v) is 6.80. The van der Waals surface area contributed by atoms with Gasteiger partial charge in [-0.25, -0.2) is 0 Å². The van der Waals surface area contributed by atoms with E-state index in [0.29, 0.717) is 12.6 Å². The topological polar surface area (TPSA) is 32.3 Å². The number of aliphatic hydroxyl groups excluding tert-OH is 1. The van der Waals surface area contributed by atoms with Gasteiger partial charge < -0.3 is 10.4 Å². The Hall–Kier alpha value is -0.670. The van der Waals surface area contributed by atoms with Gasteiger partial charge in [-0.15, -0.1) is 11.8 Å². The Kier molecular flexibility index (Phi) is 3.77. The van der Waals surface area contributed by atoms with E-state index in [4.69, 9.17) is 5.11 Å². The number of rotatable bonds is 3. The van der Waals surface area contributed by atoms with Crippen LogP contribution in [-0.2, 0) is 0 Å². The van der Waals surface area contributed by atoms with Crippen molar-refractivity contribution in [1.82, 2.24) is 0 Å². The summed E-state index contributed by atoms with van der Waals surface area (Å²) >= 11 is 1.94. The van der Waals surface area contributed by atoms with Crippen molar-refractivity contribution >= 4 is 17.4 Å². The molecule has 0 aromatic heterocycles. The van der Waals surface area contributed by atoms with Crippen LogP contribution >= 0.6 is 11.8 Å². The van der Waals surface area contributed by atoms with Crippen molar-refractivity contribution in [2.75, 3.05) is 17.7 Å². The van der Waals surface area contributed by atoms with Crippen molar-refractivity contribution in [3.8, 4) is 0 Å². The molecule has 0 bridgehead atoms. The average molecular weight is 237 g/mol. The third-order valence-electron chi connectivity index (χ3n) is 2.92. The van der Waals surface area contributed by atoms with Gasteiger partial charge >= 0.3 is 0 Å². The van der Waals surface area contributed by atoms with Gasteiger partial charge in [0.1, 0.15) is 0 Å². The van der Waals surface area contributed by atoms with E-state index < -0.39 is 0 Å². The van der Waals surface area contributed by atoms with Crippen LogP contribution in [0.5, 0.6) is 0 Å². The number of hydrogen-bond acceptors (Lipinski definition) is 3. The van der Waals surface area contributed by atoms with Gasteiger partial charge in [0.15, 0.2) is 0 Å². The molecular weight excluding hydrogens is 218 g/mol. The minimum Gasteiger partial charge on any atom is -0.396 e. The predicted molar refractivity (Wildman–Crippen MR) is 70.4 cm³/mol. The molecule has 2 rings (SSSR count). The van der Waals surface area contributed by atoms with Crippen LogP contribution in [-0.4, -0.2) is 23.5 Å². The fraction of sp³-hybridized carbons (Fsp3) is 0.538. The summed E-state index contributed by atoms with van der Waals surface area (Å²) in [5, 5.41) is 12.4. The van der Waals surface area contributed by atoms with Crippen LogP contribution in [0.3, 0.4) is 0 Å². The van der Waals surface area contributed by atoms with Crippen molar-refractivity contribution in [3.63, 3.8) is 0 Å². The number of aryl methyl sites for hydroxylation is 2. The zero-order chi connectivity index (χ0) is 11.5. The lowest BCUT2D eigenvalue weighted by Gasteiger charge is -2.28. The Balaban J connectivity index is 2.13. The molecule has 0 fully saturated rings. The summed E-state index contributed by atoms with van der Waals surface area (Å²) in [5.41, 5.74) is 3.96. The van der Waals surface area contributed by atoms with Gasteiger partial charge in [0, 0.05) is 29.0 Å². The first-order valence-electron chi connectivity index (χ1n) is 5.82. The molecule has 1 aliphatic rings. The highest BCUT2D eigenvalue weighted by atomic mass is 32.2. The fourth-order valence-corrected chi connectivity index (χ4v) is 3.37. The molecular formula is C13H19NOS. The summed E-state index contributed by atoms with van der Waals surface area (Å²) in [6, 6.07) is 4.97. The minimum absolute atomic E-state index is 0.294. The molecule has 0 saturated carbocycles. The maximum atomic E-state index is 8.85. The van der Waals surface area contributed by atoms with Gasteiger partial charge in [0.25, 0.3) is 0 Å². The summed E-state index contributed by atoms with van der Waals surface area (Å²) in [4.78, 5) is 1.39. The number of thioether (sulfide) groups is 1. The normalized spacial score (nSPS) is 19.1. The van der Waals surface area contributed by atoms with E-state index >= 15 is 0 Å². The van der Waals surface area contributed by atoms with Crippen LogP contribution in [0.4, 0.5) is 5.69 Å². The second kappa shape index (κ2) is 5.11. The molecule has 1 atom stereocenters. The predicted octanol–water partition coefficient (Wildman–Crippen LogP) is 2.96. The van der Waals surface area contributed by atoms with Gasteiger partial charge in [0.2, 0.25) is 0 Å². The Labute approximate surface area is 101 Å². The molecule has 1 unspecified atom stereocenters. The highest BCUT2D eigenvalue weighted by molar-refractivity contribution is 7.99.